The van der Waals surface area contributed by atoms with Crippen LogP contribution in [0.15, 0.2) is 0 Å². The summed E-state index contributed by atoms with van der Waals surface area (Å²) in [5.74, 6) is -0.532. The summed E-state index contributed by atoms with van der Waals surface area (Å²) in [5.41, 5.74) is -1.19. The van der Waals surface area contributed by atoms with E-state index >= 15 is 0 Å². The second-order valence-corrected chi connectivity index (χ2v) is 5.64. The fraction of sp³-hybridized carbons (Fsp3) is 0.867. The van der Waals surface area contributed by atoms with Crippen molar-refractivity contribution in [3.63, 3.8) is 0 Å². The highest BCUT2D eigenvalue weighted by molar-refractivity contribution is 5.85. The number of aliphatic carboxylic acids is 1. The molecule has 0 fully saturated rings. The molecule has 0 aromatic heterocycles. The molecule has 0 heterocycles. The van der Waals surface area contributed by atoms with Crippen molar-refractivity contribution >= 4 is 12.0 Å². The standard InChI is InChI=1S/C15H30N2O3/c1-5-8-9-12(7-3)11-16-14(20)17-15(4,10-6-2)13(18)19/h12H,5-11H2,1-4H3,(H,18,19)(H2,16,17,20). The topological polar surface area (TPSA) is 78.4 Å². The SMILES string of the molecule is CCCCC(CC)CNC(=O)NC(C)(CCC)C(=O)O. The van der Waals surface area contributed by atoms with Gasteiger partial charge >= 0.3 is 12.0 Å². The van der Waals surface area contributed by atoms with Crippen LogP contribution in [0.3, 0.4) is 0 Å². The average Bonchev–Trinajstić information content (AvgIpc) is 2.39. The second kappa shape index (κ2) is 9.61. The fourth-order valence-corrected chi connectivity index (χ4v) is 2.20. The van der Waals surface area contributed by atoms with Gasteiger partial charge in [0.25, 0.3) is 0 Å². The predicted molar refractivity (Wildman–Crippen MR) is 80.8 cm³/mol. The van der Waals surface area contributed by atoms with Crippen LogP contribution < -0.4 is 10.6 Å². The van der Waals surface area contributed by atoms with Gasteiger partial charge < -0.3 is 15.7 Å². The second-order valence-electron chi connectivity index (χ2n) is 5.64. The number of unbranched alkanes of at least 4 members (excludes halogenated alkanes) is 1. The molecule has 0 aromatic carbocycles. The molecule has 2 amide bonds. The predicted octanol–water partition coefficient (Wildman–Crippen LogP) is 3.15. The molecule has 20 heavy (non-hydrogen) atoms. The van der Waals surface area contributed by atoms with Crippen molar-refractivity contribution in [3.8, 4) is 0 Å². The van der Waals surface area contributed by atoms with E-state index in [1.165, 1.54) is 0 Å². The number of hydrogen-bond donors (Lipinski definition) is 3. The lowest BCUT2D eigenvalue weighted by Crippen LogP contribution is -2.55. The highest BCUT2D eigenvalue weighted by atomic mass is 16.4. The maximum absolute atomic E-state index is 11.8. The molecule has 5 heteroatoms. The molecule has 118 valence electrons. The van der Waals surface area contributed by atoms with Crippen LogP contribution in [0, 0.1) is 5.92 Å². The van der Waals surface area contributed by atoms with E-state index < -0.39 is 17.5 Å². The summed E-state index contributed by atoms with van der Waals surface area (Å²) in [6, 6.07) is -0.390. The van der Waals surface area contributed by atoms with Gasteiger partial charge in [-0.3, -0.25) is 0 Å². The van der Waals surface area contributed by atoms with Crippen molar-refractivity contribution < 1.29 is 14.7 Å². The zero-order valence-electron chi connectivity index (χ0n) is 13.3. The number of amides is 2. The van der Waals surface area contributed by atoms with Crippen molar-refractivity contribution in [2.45, 2.75) is 71.8 Å². The summed E-state index contributed by atoms with van der Waals surface area (Å²) in [5, 5.41) is 14.6. The van der Waals surface area contributed by atoms with Crippen molar-refractivity contribution in [2.24, 2.45) is 5.92 Å². The monoisotopic (exact) mass is 286 g/mol. The van der Waals surface area contributed by atoms with Gasteiger partial charge in [-0.15, -0.1) is 0 Å². The zero-order valence-corrected chi connectivity index (χ0v) is 13.3. The minimum atomic E-state index is -1.19. The fourth-order valence-electron chi connectivity index (χ4n) is 2.20. The van der Waals surface area contributed by atoms with Crippen LogP contribution in [-0.2, 0) is 4.79 Å². The Morgan fingerprint density at radius 2 is 1.85 bits per heavy atom. The molecule has 5 nitrogen and oxygen atoms in total. The van der Waals surface area contributed by atoms with Crippen LogP contribution in [0.5, 0.6) is 0 Å². The van der Waals surface area contributed by atoms with Crippen LogP contribution in [0.4, 0.5) is 4.79 Å². The number of carbonyl (C=O) groups is 2. The van der Waals surface area contributed by atoms with Gasteiger partial charge in [-0.05, 0) is 25.7 Å². The Bertz CT molecular complexity index is 307. The summed E-state index contributed by atoms with van der Waals surface area (Å²) in [6.07, 6.45) is 5.55. The molecule has 0 bridgehead atoms. The van der Waals surface area contributed by atoms with Crippen LogP contribution in [0.25, 0.3) is 0 Å². The molecule has 0 rings (SSSR count). The molecule has 0 radical (unpaired) electrons. The third kappa shape index (κ3) is 6.78. The third-order valence-corrected chi connectivity index (χ3v) is 3.71. The highest BCUT2D eigenvalue weighted by Gasteiger charge is 2.33. The number of hydrogen-bond acceptors (Lipinski definition) is 2. The lowest BCUT2D eigenvalue weighted by Gasteiger charge is -2.26. The summed E-state index contributed by atoms with van der Waals surface area (Å²) in [6.45, 7) is 8.31. The molecular weight excluding hydrogens is 256 g/mol. The van der Waals surface area contributed by atoms with Crippen LogP contribution in [-0.4, -0.2) is 29.2 Å². The Morgan fingerprint density at radius 3 is 2.30 bits per heavy atom. The first-order valence-corrected chi connectivity index (χ1v) is 7.69. The molecule has 0 aromatic rings. The van der Waals surface area contributed by atoms with E-state index in [0.29, 0.717) is 25.3 Å². The molecule has 0 aliphatic heterocycles. The van der Waals surface area contributed by atoms with Gasteiger partial charge in [0.05, 0.1) is 0 Å². The van der Waals surface area contributed by atoms with E-state index in [4.69, 9.17) is 0 Å². The molecule has 2 unspecified atom stereocenters. The van der Waals surface area contributed by atoms with Gasteiger partial charge in [-0.25, -0.2) is 9.59 Å². The van der Waals surface area contributed by atoms with Gasteiger partial charge in [0.2, 0.25) is 0 Å². The van der Waals surface area contributed by atoms with Gasteiger partial charge in [-0.1, -0.05) is 46.5 Å². The number of urea groups is 1. The number of rotatable bonds is 10. The minimum Gasteiger partial charge on any atom is -0.480 e. The Morgan fingerprint density at radius 1 is 1.20 bits per heavy atom. The van der Waals surface area contributed by atoms with E-state index in [2.05, 4.69) is 24.5 Å². The third-order valence-electron chi connectivity index (χ3n) is 3.71. The Hall–Kier alpha value is -1.26. The van der Waals surface area contributed by atoms with Crippen molar-refractivity contribution in [1.29, 1.82) is 0 Å². The molecule has 3 N–H and O–H groups in total. The number of carboxylic acids is 1. The summed E-state index contributed by atoms with van der Waals surface area (Å²) in [4.78, 5) is 23.1. The van der Waals surface area contributed by atoms with Crippen LogP contribution >= 0.6 is 0 Å². The van der Waals surface area contributed by atoms with E-state index in [0.717, 1.165) is 25.7 Å². The molecular formula is C15H30N2O3. The molecule has 0 aliphatic carbocycles. The quantitative estimate of drug-likeness (QED) is 0.577. The lowest BCUT2D eigenvalue weighted by molar-refractivity contribution is -0.144. The van der Waals surface area contributed by atoms with Gasteiger partial charge in [0.15, 0.2) is 0 Å². The first-order valence-electron chi connectivity index (χ1n) is 7.69. The summed E-state index contributed by atoms with van der Waals surface area (Å²) < 4.78 is 0. The molecule has 2 atom stereocenters. The Balaban J connectivity index is 4.29. The Labute approximate surface area is 122 Å². The minimum absolute atomic E-state index is 0.390. The summed E-state index contributed by atoms with van der Waals surface area (Å²) >= 11 is 0. The molecule has 0 aliphatic rings. The first-order chi connectivity index (χ1) is 9.39. The van der Waals surface area contributed by atoms with Gasteiger partial charge in [0, 0.05) is 6.54 Å². The maximum atomic E-state index is 11.8. The van der Waals surface area contributed by atoms with Crippen LogP contribution in [0.2, 0.25) is 0 Å². The van der Waals surface area contributed by atoms with E-state index in [-0.39, 0.29) is 0 Å². The van der Waals surface area contributed by atoms with Gasteiger partial charge in [0.1, 0.15) is 5.54 Å². The van der Waals surface area contributed by atoms with Gasteiger partial charge in [-0.2, -0.15) is 0 Å². The lowest BCUT2D eigenvalue weighted by atomic mass is 9.96. The largest absolute Gasteiger partial charge is 0.480 e. The number of carboxylic acid groups (broad SMARTS) is 1. The van der Waals surface area contributed by atoms with E-state index in [9.17, 15) is 14.7 Å². The average molecular weight is 286 g/mol. The molecule has 0 saturated carbocycles. The molecule has 0 saturated heterocycles. The van der Waals surface area contributed by atoms with Crippen molar-refractivity contribution in [3.05, 3.63) is 0 Å². The van der Waals surface area contributed by atoms with E-state index in [1.54, 1.807) is 6.92 Å². The normalized spacial score (nSPS) is 15.2. The summed E-state index contributed by atoms with van der Waals surface area (Å²) in [7, 11) is 0. The van der Waals surface area contributed by atoms with Crippen molar-refractivity contribution in [2.75, 3.05) is 6.54 Å². The van der Waals surface area contributed by atoms with Crippen LogP contribution in [0.1, 0.15) is 66.2 Å². The van der Waals surface area contributed by atoms with Crippen molar-refractivity contribution in [1.82, 2.24) is 10.6 Å². The Kier molecular flexibility index (Phi) is 9.01. The molecule has 0 spiro atoms. The smallest absolute Gasteiger partial charge is 0.329 e. The number of nitrogens with one attached hydrogen (secondary N) is 2. The highest BCUT2D eigenvalue weighted by Crippen LogP contribution is 2.13. The zero-order chi connectivity index (χ0) is 15.6. The maximum Gasteiger partial charge on any atom is 0.329 e. The first kappa shape index (κ1) is 18.7. The number of carbonyl (C=O) groups excluding carboxylic acids is 1. The van der Waals surface area contributed by atoms with E-state index in [1.807, 2.05) is 6.92 Å².